The van der Waals surface area contributed by atoms with Crippen molar-refractivity contribution in [1.29, 1.82) is 0 Å². The number of ether oxygens (including phenoxy) is 2. The van der Waals surface area contributed by atoms with Gasteiger partial charge < -0.3 is 9.47 Å². The Hall–Kier alpha value is -0.750. The van der Waals surface area contributed by atoms with Crippen molar-refractivity contribution in [3.63, 3.8) is 0 Å². The Morgan fingerprint density at radius 1 is 1.37 bits per heavy atom. The topological polar surface area (TPSA) is 44.8 Å². The van der Waals surface area contributed by atoms with Gasteiger partial charge in [0, 0.05) is 19.3 Å². The van der Waals surface area contributed by atoms with Crippen LogP contribution in [0.1, 0.15) is 18.4 Å². The number of hydrogen-bond acceptors (Lipinski definition) is 4. The molecule has 5 heteroatoms. The zero-order chi connectivity index (χ0) is 13.5. The third-order valence-corrected chi connectivity index (χ3v) is 3.55. The predicted octanol–water partition coefficient (Wildman–Crippen LogP) is 2.06. The van der Waals surface area contributed by atoms with E-state index in [2.05, 4.69) is 0 Å². The third kappa shape index (κ3) is 5.40. The lowest BCUT2D eigenvalue weighted by atomic mass is 10.1. The van der Waals surface area contributed by atoms with Crippen LogP contribution in [0.3, 0.4) is 0 Å². The zero-order valence-electron chi connectivity index (χ0n) is 11.1. The summed E-state index contributed by atoms with van der Waals surface area (Å²) in [6.07, 6.45) is 3.15. The molecule has 0 spiro atoms. The average molecular weight is 284 g/mol. The van der Waals surface area contributed by atoms with Gasteiger partial charge in [-0.1, -0.05) is 30.3 Å². The monoisotopic (exact) mass is 284 g/mol. The maximum atomic E-state index is 11.0. The normalized spacial score (nSPS) is 25.1. The molecular formula is C14H20O4S. The lowest BCUT2D eigenvalue weighted by Crippen LogP contribution is -2.34. The van der Waals surface area contributed by atoms with Crippen LogP contribution in [0, 0.1) is 0 Å². The molecule has 1 aliphatic rings. The van der Waals surface area contributed by atoms with Gasteiger partial charge in [-0.05, 0) is 12.0 Å². The quantitative estimate of drug-likeness (QED) is 0.802. The maximum Gasteiger partial charge on any atom is 0.152 e. The van der Waals surface area contributed by atoms with Crippen molar-refractivity contribution in [2.75, 3.05) is 19.5 Å². The Kier molecular flexibility index (Phi) is 5.97. The summed E-state index contributed by atoms with van der Waals surface area (Å²) in [5.74, 6) is 0. The maximum absolute atomic E-state index is 11.0. The molecule has 1 aromatic carbocycles. The summed E-state index contributed by atoms with van der Waals surface area (Å²) < 4.78 is 27.6. The summed E-state index contributed by atoms with van der Waals surface area (Å²) in [5, 5.41) is 0. The number of benzene rings is 1. The molecule has 0 aromatic heterocycles. The molecule has 1 aliphatic heterocycles. The Balaban J connectivity index is 1.69. The Morgan fingerprint density at radius 3 is 2.89 bits per heavy atom. The van der Waals surface area contributed by atoms with E-state index in [0.29, 0.717) is 19.8 Å². The van der Waals surface area contributed by atoms with Crippen LogP contribution in [0.2, 0.25) is 0 Å². The van der Waals surface area contributed by atoms with Crippen molar-refractivity contribution in [2.45, 2.75) is 31.7 Å². The van der Waals surface area contributed by atoms with Gasteiger partial charge in [0.15, 0.2) is 11.1 Å². The van der Waals surface area contributed by atoms with Crippen molar-refractivity contribution in [3.05, 3.63) is 35.9 Å². The summed E-state index contributed by atoms with van der Waals surface area (Å²) in [5.41, 5.74) is 1.15. The van der Waals surface area contributed by atoms with Crippen LogP contribution >= 0.6 is 0 Å². The molecule has 0 bridgehead atoms. The second-order valence-electron chi connectivity index (χ2n) is 4.64. The first-order valence-electron chi connectivity index (χ1n) is 6.48. The highest BCUT2D eigenvalue weighted by Gasteiger charge is 2.24. The van der Waals surface area contributed by atoms with Gasteiger partial charge in [0.2, 0.25) is 0 Å². The van der Waals surface area contributed by atoms with Gasteiger partial charge >= 0.3 is 0 Å². The smallest absolute Gasteiger partial charge is 0.152 e. The molecule has 0 amide bonds. The van der Waals surface area contributed by atoms with E-state index in [9.17, 15) is 4.21 Å². The highest BCUT2D eigenvalue weighted by atomic mass is 32.2. The molecule has 3 atom stereocenters. The fourth-order valence-corrected chi connectivity index (χ4v) is 2.68. The van der Waals surface area contributed by atoms with Gasteiger partial charge in [0.05, 0.1) is 25.4 Å². The largest absolute Gasteiger partial charge is 0.376 e. The molecular weight excluding hydrogens is 264 g/mol. The van der Waals surface area contributed by atoms with Crippen molar-refractivity contribution in [1.82, 2.24) is 0 Å². The number of rotatable bonds is 6. The first-order chi connectivity index (χ1) is 9.24. The summed E-state index contributed by atoms with van der Waals surface area (Å²) in [4.78, 5) is 0. The van der Waals surface area contributed by atoms with Crippen LogP contribution in [0.15, 0.2) is 30.3 Å². The van der Waals surface area contributed by atoms with Crippen LogP contribution < -0.4 is 0 Å². The minimum atomic E-state index is -1.21. The van der Waals surface area contributed by atoms with Gasteiger partial charge in [0.25, 0.3) is 0 Å². The Bertz CT molecular complexity index is 396. The van der Waals surface area contributed by atoms with Crippen molar-refractivity contribution < 1.29 is 17.9 Å². The third-order valence-electron chi connectivity index (χ3n) is 3.01. The average Bonchev–Trinajstić information content (AvgIpc) is 2.40. The summed E-state index contributed by atoms with van der Waals surface area (Å²) in [7, 11) is 0. The highest BCUT2D eigenvalue weighted by molar-refractivity contribution is 7.79. The van der Waals surface area contributed by atoms with E-state index < -0.39 is 11.1 Å². The van der Waals surface area contributed by atoms with E-state index in [0.717, 1.165) is 18.4 Å². The SMILES string of the molecule is CS(=O)O[C@@H]1CCO[C@H](COCc2ccccc2)C1. The minimum absolute atomic E-state index is 0.0184. The Labute approximate surface area is 116 Å². The van der Waals surface area contributed by atoms with Crippen molar-refractivity contribution in [3.8, 4) is 0 Å². The standard InChI is InChI=1S/C14H20O4S/c1-19(15)18-13-7-8-17-14(9-13)11-16-10-12-5-3-2-4-6-12/h2-6,13-14H,7-11H2,1H3/t13-,14+,19?/m1/s1. The molecule has 19 heavy (non-hydrogen) atoms. The second-order valence-corrected chi connectivity index (χ2v) is 5.63. The fraction of sp³-hybridized carbons (Fsp3) is 0.571. The van der Waals surface area contributed by atoms with E-state index in [-0.39, 0.29) is 12.2 Å². The molecule has 0 radical (unpaired) electrons. The van der Waals surface area contributed by atoms with Crippen molar-refractivity contribution >= 4 is 11.1 Å². The van der Waals surface area contributed by atoms with E-state index in [1.807, 2.05) is 30.3 Å². The molecule has 0 saturated carbocycles. The second kappa shape index (κ2) is 7.75. The van der Waals surface area contributed by atoms with Gasteiger partial charge in [-0.3, -0.25) is 4.18 Å². The van der Waals surface area contributed by atoms with Crippen LogP contribution in [0.5, 0.6) is 0 Å². The molecule has 4 nitrogen and oxygen atoms in total. The lowest BCUT2D eigenvalue weighted by molar-refractivity contribution is -0.0734. The van der Waals surface area contributed by atoms with Crippen LogP contribution in [-0.4, -0.2) is 35.9 Å². The molecule has 0 aliphatic carbocycles. The molecule has 1 aromatic rings. The van der Waals surface area contributed by atoms with Gasteiger partial charge in [0.1, 0.15) is 0 Å². The van der Waals surface area contributed by atoms with Gasteiger partial charge in [-0.2, -0.15) is 0 Å². The highest BCUT2D eigenvalue weighted by Crippen LogP contribution is 2.18. The van der Waals surface area contributed by atoms with E-state index in [4.69, 9.17) is 13.7 Å². The van der Waals surface area contributed by atoms with Crippen molar-refractivity contribution in [2.24, 2.45) is 0 Å². The fourth-order valence-electron chi connectivity index (χ4n) is 2.12. The molecule has 1 fully saturated rings. The van der Waals surface area contributed by atoms with E-state index in [1.165, 1.54) is 0 Å². The minimum Gasteiger partial charge on any atom is -0.376 e. The summed E-state index contributed by atoms with van der Waals surface area (Å²) in [6, 6.07) is 10.1. The zero-order valence-corrected chi connectivity index (χ0v) is 11.9. The predicted molar refractivity (Wildman–Crippen MR) is 74.0 cm³/mol. The van der Waals surface area contributed by atoms with Crippen LogP contribution in [0.4, 0.5) is 0 Å². The van der Waals surface area contributed by atoms with Gasteiger partial charge in [-0.15, -0.1) is 0 Å². The van der Waals surface area contributed by atoms with Crippen LogP contribution in [0.25, 0.3) is 0 Å². The molecule has 1 unspecified atom stereocenters. The molecule has 1 heterocycles. The molecule has 0 N–H and O–H groups in total. The molecule has 2 rings (SSSR count). The molecule has 1 saturated heterocycles. The lowest BCUT2D eigenvalue weighted by Gasteiger charge is -2.28. The summed E-state index contributed by atoms with van der Waals surface area (Å²) in [6.45, 7) is 1.78. The Morgan fingerprint density at radius 2 is 2.16 bits per heavy atom. The number of hydrogen-bond donors (Lipinski definition) is 0. The van der Waals surface area contributed by atoms with Gasteiger partial charge in [-0.25, -0.2) is 4.21 Å². The van der Waals surface area contributed by atoms with E-state index in [1.54, 1.807) is 6.26 Å². The first-order valence-corrected chi connectivity index (χ1v) is 7.96. The van der Waals surface area contributed by atoms with E-state index >= 15 is 0 Å². The van der Waals surface area contributed by atoms with Crippen LogP contribution in [-0.2, 0) is 31.3 Å². The summed E-state index contributed by atoms with van der Waals surface area (Å²) >= 11 is -1.21. The first kappa shape index (κ1) is 14.7. The molecule has 106 valence electrons.